The van der Waals surface area contributed by atoms with E-state index in [4.69, 9.17) is 11.5 Å². The van der Waals surface area contributed by atoms with Crippen molar-refractivity contribution in [1.82, 2.24) is 4.57 Å². The summed E-state index contributed by atoms with van der Waals surface area (Å²) in [5, 5.41) is 13.2. The van der Waals surface area contributed by atoms with E-state index in [1.807, 2.05) is 72.8 Å². The number of nitrogens with one attached hydrogen (secondary N) is 1. The lowest BCUT2D eigenvalue weighted by molar-refractivity contribution is -0.691. The fourth-order valence-corrected chi connectivity index (χ4v) is 5.51. The van der Waals surface area contributed by atoms with Crippen LogP contribution < -0.4 is 21.4 Å². The molecule has 0 aliphatic heterocycles. The van der Waals surface area contributed by atoms with E-state index in [1.165, 1.54) is 28.9 Å². The van der Waals surface area contributed by atoms with Crippen molar-refractivity contribution in [3.63, 3.8) is 0 Å². The summed E-state index contributed by atoms with van der Waals surface area (Å²) >= 11 is 10.2. The summed E-state index contributed by atoms with van der Waals surface area (Å²) in [5.74, 6) is -0.799. The van der Waals surface area contributed by atoms with Gasteiger partial charge in [-0.2, -0.15) is 8.96 Å². The smallest absolute Gasteiger partial charge is 0.304 e. The summed E-state index contributed by atoms with van der Waals surface area (Å²) in [6.07, 6.45) is 2.18. The molecule has 0 saturated heterocycles. The minimum Gasteiger partial charge on any atom is -0.399 e. The number of anilines is 4. The van der Waals surface area contributed by atoms with Crippen LogP contribution in [-0.2, 0) is 0 Å². The molecule has 0 spiro atoms. The second-order valence-corrected chi connectivity index (χ2v) is 14.2. The molecule has 0 atom stereocenters. The lowest BCUT2D eigenvalue weighted by atomic mass is 10.2. The number of imidazole rings is 1. The van der Waals surface area contributed by atoms with Crippen molar-refractivity contribution in [2.45, 2.75) is 19.9 Å². The van der Waals surface area contributed by atoms with Crippen LogP contribution in [-0.4, -0.2) is 9.49 Å². The summed E-state index contributed by atoms with van der Waals surface area (Å²) < 4.78 is 20.2. The number of hydrogen-bond donors (Lipinski definition) is 3. The molecule has 0 unspecified atom stereocenters. The first-order valence-corrected chi connectivity index (χ1v) is 18.3. The summed E-state index contributed by atoms with van der Waals surface area (Å²) in [6.45, 7) is 4.41. The fourth-order valence-electron chi connectivity index (χ4n) is 4.72. The first-order valence-electron chi connectivity index (χ1n) is 16.0. The Labute approximate surface area is 327 Å². The Balaban J connectivity index is 0.000000164. The molecule has 5 N–H and O–H groups in total. The van der Waals surface area contributed by atoms with E-state index in [2.05, 4.69) is 131 Å². The highest BCUT2D eigenvalue weighted by Gasteiger charge is 2.18. The first kappa shape index (κ1) is 39.7. The zero-order valence-electron chi connectivity index (χ0n) is 28.3. The van der Waals surface area contributed by atoms with Crippen LogP contribution in [0.15, 0.2) is 165 Å². The predicted molar refractivity (Wildman–Crippen MR) is 221 cm³/mol. The van der Waals surface area contributed by atoms with E-state index in [0.717, 1.165) is 48.3 Å². The van der Waals surface area contributed by atoms with Crippen LogP contribution >= 0.6 is 47.8 Å². The SMILES string of the molecule is CC(C)[n+]1cn(-c2ccc(Br)cc2)c2ccccc21.Nc1ccc(Br)cc1.Nc1ccccc1Nc1ccc(Br)cc1.O=[N+]([O-])c1ccccc1F. The van der Waals surface area contributed by atoms with Gasteiger partial charge < -0.3 is 16.8 Å². The topological polar surface area (TPSA) is 116 Å². The average Bonchev–Trinajstić information content (AvgIpc) is 3.53. The summed E-state index contributed by atoms with van der Waals surface area (Å²) in [4.78, 5) is 9.23. The van der Waals surface area contributed by atoms with Gasteiger partial charge in [-0.15, -0.1) is 0 Å². The molecule has 0 bridgehead atoms. The van der Waals surface area contributed by atoms with E-state index in [-0.39, 0.29) is 0 Å². The third kappa shape index (κ3) is 11.8. The van der Waals surface area contributed by atoms with Crippen molar-refractivity contribution in [3.05, 3.63) is 181 Å². The molecule has 0 radical (unpaired) electrons. The normalized spacial score (nSPS) is 10.2. The number of nitro benzene ring substituents is 1. The Kier molecular flexibility index (Phi) is 14.9. The molecule has 6 aromatic carbocycles. The highest BCUT2D eigenvalue weighted by atomic mass is 79.9. The Bertz CT molecular complexity index is 2170. The van der Waals surface area contributed by atoms with Crippen LogP contribution in [0.1, 0.15) is 19.9 Å². The standard InChI is InChI=1S/C16H16BrN2.C12H11BrN2.C6H6BrN.C6H4FNO2/c1-12(2)18-11-19(14-9-7-13(17)8-10-14)16-6-4-3-5-15(16)18;13-9-5-7-10(8-6-9)15-12-4-2-1-3-11(12)14;7-5-1-3-6(8)4-2-5;7-5-3-1-2-4-6(5)8(9)10/h3-12H,1-2H3;1-8,15H,14H2;1-4H,8H2;1-4H/q+1;;;. The second kappa shape index (κ2) is 19.5. The molecule has 12 heteroatoms. The van der Waals surface area contributed by atoms with Gasteiger partial charge in [0.15, 0.2) is 11.0 Å². The number of benzene rings is 6. The highest BCUT2D eigenvalue weighted by molar-refractivity contribution is 9.11. The largest absolute Gasteiger partial charge is 0.399 e. The van der Waals surface area contributed by atoms with Gasteiger partial charge in [-0.3, -0.25) is 10.1 Å². The Morgan fingerprint density at radius 1 is 0.712 bits per heavy atom. The van der Waals surface area contributed by atoms with Gasteiger partial charge in [0, 0.05) is 30.9 Å². The van der Waals surface area contributed by atoms with Crippen molar-refractivity contribution < 1.29 is 13.9 Å². The minimum atomic E-state index is -0.799. The van der Waals surface area contributed by atoms with E-state index in [9.17, 15) is 14.5 Å². The third-order valence-corrected chi connectivity index (χ3v) is 8.91. The number of nitro groups is 1. The number of para-hydroxylation sites is 5. The number of rotatable bonds is 5. The van der Waals surface area contributed by atoms with Gasteiger partial charge in [-0.25, -0.2) is 4.57 Å². The van der Waals surface area contributed by atoms with Crippen LogP contribution in [0, 0.1) is 15.9 Å². The molecule has 0 fully saturated rings. The molecule has 7 aromatic rings. The quantitative estimate of drug-likeness (QED) is 0.0689. The maximum absolute atomic E-state index is 12.4. The molecule has 0 saturated carbocycles. The Morgan fingerprint density at radius 3 is 1.77 bits per heavy atom. The lowest BCUT2D eigenvalue weighted by Gasteiger charge is -2.08. The van der Waals surface area contributed by atoms with E-state index in [1.54, 1.807) is 0 Å². The molecule has 266 valence electrons. The van der Waals surface area contributed by atoms with E-state index in [0.29, 0.717) is 6.04 Å². The van der Waals surface area contributed by atoms with Crippen molar-refractivity contribution in [3.8, 4) is 5.69 Å². The van der Waals surface area contributed by atoms with Crippen molar-refractivity contribution in [2.24, 2.45) is 0 Å². The van der Waals surface area contributed by atoms with E-state index < -0.39 is 16.4 Å². The molecule has 1 heterocycles. The maximum Gasteiger partial charge on any atom is 0.304 e. The van der Waals surface area contributed by atoms with Crippen LogP contribution in [0.3, 0.4) is 0 Å². The Hall–Kier alpha value is -5.04. The molecule has 0 aliphatic carbocycles. The van der Waals surface area contributed by atoms with Crippen molar-refractivity contribution in [2.75, 3.05) is 16.8 Å². The summed E-state index contributed by atoms with van der Waals surface area (Å²) in [7, 11) is 0. The number of hydrogen-bond acceptors (Lipinski definition) is 5. The van der Waals surface area contributed by atoms with Crippen LogP contribution in [0.25, 0.3) is 16.7 Å². The number of nitrogens with zero attached hydrogens (tertiary/aromatic N) is 3. The molecular weight excluding hydrogens is 855 g/mol. The van der Waals surface area contributed by atoms with Crippen LogP contribution in [0.2, 0.25) is 0 Å². The third-order valence-electron chi connectivity index (χ3n) is 7.32. The number of aromatic nitrogens is 2. The average molecular weight is 892 g/mol. The number of halogens is 4. The first-order chi connectivity index (χ1) is 24.9. The van der Waals surface area contributed by atoms with Gasteiger partial charge in [0.1, 0.15) is 5.69 Å². The zero-order valence-corrected chi connectivity index (χ0v) is 33.1. The summed E-state index contributed by atoms with van der Waals surface area (Å²) in [5.41, 5.74) is 17.9. The molecule has 52 heavy (non-hydrogen) atoms. The van der Waals surface area contributed by atoms with Crippen LogP contribution in [0.5, 0.6) is 0 Å². The van der Waals surface area contributed by atoms with Gasteiger partial charge in [0.25, 0.3) is 0 Å². The fraction of sp³-hybridized carbons (Fsp3) is 0.0750. The van der Waals surface area contributed by atoms with E-state index >= 15 is 0 Å². The molecule has 0 amide bonds. The molecule has 0 aliphatic rings. The number of nitrogen functional groups attached to an aromatic ring is 2. The molecule has 7 rings (SSSR count). The van der Waals surface area contributed by atoms with Gasteiger partial charge >= 0.3 is 5.69 Å². The van der Waals surface area contributed by atoms with Gasteiger partial charge in [0.2, 0.25) is 12.1 Å². The zero-order chi connectivity index (χ0) is 37.6. The van der Waals surface area contributed by atoms with Gasteiger partial charge in [0.05, 0.1) is 22.3 Å². The maximum atomic E-state index is 12.4. The van der Waals surface area contributed by atoms with Gasteiger partial charge in [-0.1, -0.05) is 84.2 Å². The lowest BCUT2D eigenvalue weighted by Crippen LogP contribution is -2.34. The highest BCUT2D eigenvalue weighted by Crippen LogP contribution is 2.24. The van der Waals surface area contributed by atoms with Crippen molar-refractivity contribution >= 4 is 87.3 Å². The predicted octanol–water partition coefficient (Wildman–Crippen LogP) is 11.8. The van der Waals surface area contributed by atoms with Crippen molar-refractivity contribution in [1.29, 1.82) is 0 Å². The number of fused-ring (bicyclic) bond motifs is 1. The second-order valence-electron chi connectivity index (χ2n) is 11.4. The number of nitrogens with two attached hydrogens (primary N) is 2. The monoisotopic (exact) mass is 889 g/mol. The molecule has 1 aromatic heterocycles. The minimum absolute atomic E-state index is 0.446. The molecular formula is C40H37Br3FN6O2+. The van der Waals surface area contributed by atoms with Gasteiger partial charge in [-0.05, 0) is 117 Å². The van der Waals surface area contributed by atoms with Crippen LogP contribution in [0.4, 0.5) is 32.8 Å². The molecule has 8 nitrogen and oxygen atoms in total. The Morgan fingerprint density at radius 2 is 1.23 bits per heavy atom. The summed E-state index contributed by atoms with van der Waals surface area (Å²) in [6, 6.07) is 45.6.